The molecule has 104 valence electrons. The van der Waals surface area contributed by atoms with Gasteiger partial charge in [-0.25, -0.2) is 4.39 Å². The molecule has 1 N–H and O–H groups in total. The van der Waals surface area contributed by atoms with E-state index in [9.17, 15) is 14.0 Å². The number of carbonyl (C=O) groups is 2. The third kappa shape index (κ3) is 4.28. The maximum atomic E-state index is 12.7. The van der Waals surface area contributed by atoms with Crippen molar-refractivity contribution >= 4 is 23.0 Å². The van der Waals surface area contributed by atoms with Crippen LogP contribution in [0.4, 0.5) is 4.39 Å². The number of amides is 1. The second-order valence-electron chi connectivity index (χ2n) is 4.29. The van der Waals surface area contributed by atoms with Crippen molar-refractivity contribution in [3.63, 3.8) is 0 Å². The van der Waals surface area contributed by atoms with E-state index in [0.29, 0.717) is 12.1 Å². The van der Waals surface area contributed by atoms with Crippen molar-refractivity contribution in [3.8, 4) is 0 Å². The summed E-state index contributed by atoms with van der Waals surface area (Å²) in [6.07, 6.45) is 0.267. The van der Waals surface area contributed by atoms with Crippen LogP contribution < -0.4 is 5.32 Å². The average Bonchev–Trinajstić information content (AvgIpc) is 2.96. The lowest BCUT2D eigenvalue weighted by Crippen LogP contribution is -2.22. The summed E-state index contributed by atoms with van der Waals surface area (Å²) in [5, 5.41) is 4.70. The van der Waals surface area contributed by atoms with E-state index >= 15 is 0 Å². The number of Topliss-reactive ketones (excluding diaryl/α,β-unsaturated/α-hetero) is 1. The molecule has 1 aromatic carbocycles. The smallest absolute Gasteiger partial charge is 0.220 e. The topological polar surface area (TPSA) is 46.2 Å². The summed E-state index contributed by atoms with van der Waals surface area (Å²) < 4.78 is 12.7. The largest absolute Gasteiger partial charge is 0.351 e. The molecule has 0 aliphatic heterocycles. The Kier molecular flexibility index (Phi) is 5.01. The standard InChI is InChI=1S/C15H14FNO2S/c16-12-5-3-11(4-6-12)14(18)7-8-15(19)17-10-13-2-1-9-20-13/h1-6,9H,7-8,10H2,(H,17,19). The average molecular weight is 291 g/mol. The number of hydrogen-bond donors (Lipinski definition) is 1. The van der Waals surface area contributed by atoms with Crippen LogP contribution in [-0.4, -0.2) is 11.7 Å². The molecular weight excluding hydrogens is 277 g/mol. The van der Waals surface area contributed by atoms with Gasteiger partial charge in [0, 0.05) is 23.3 Å². The van der Waals surface area contributed by atoms with Crippen LogP contribution in [0.1, 0.15) is 28.1 Å². The molecule has 2 rings (SSSR count). The molecule has 1 aromatic heterocycles. The number of ketones is 1. The first-order valence-corrected chi connectivity index (χ1v) is 7.11. The Morgan fingerprint density at radius 3 is 2.50 bits per heavy atom. The molecule has 0 atom stereocenters. The minimum absolute atomic E-state index is 0.127. The van der Waals surface area contributed by atoms with Crippen molar-refractivity contribution in [2.24, 2.45) is 0 Å². The number of benzene rings is 1. The molecule has 0 saturated carbocycles. The molecule has 3 nitrogen and oxygen atoms in total. The maximum absolute atomic E-state index is 12.7. The van der Waals surface area contributed by atoms with Crippen LogP contribution in [-0.2, 0) is 11.3 Å². The fourth-order valence-corrected chi connectivity index (χ4v) is 2.34. The molecule has 20 heavy (non-hydrogen) atoms. The highest BCUT2D eigenvalue weighted by Gasteiger charge is 2.09. The fraction of sp³-hybridized carbons (Fsp3) is 0.200. The third-order valence-corrected chi connectivity index (χ3v) is 3.66. The van der Waals surface area contributed by atoms with Gasteiger partial charge in [0.25, 0.3) is 0 Å². The Hall–Kier alpha value is -2.01. The summed E-state index contributed by atoms with van der Waals surface area (Å²) in [7, 11) is 0. The molecule has 1 heterocycles. The van der Waals surface area contributed by atoms with Gasteiger partial charge >= 0.3 is 0 Å². The van der Waals surface area contributed by atoms with E-state index in [0.717, 1.165) is 4.88 Å². The molecule has 5 heteroatoms. The number of carbonyl (C=O) groups excluding carboxylic acids is 2. The highest BCUT2D eigenvalue weighted by atomic mass is 32.1. The minimum Gasteiger partial charge on any atom is -0.351 e. The fourth-order valence-electron chi connectivity index (χ4n) is 1.69. The van der Waals surface area contributed by atoms with Gasteiger partial charge in [0.05, 0.1) is 6.54 Å². The van der Waals surface area contributed by atoms with Crippen molar-refractivity contribution in [2.45, 2.75) is 19.4 Å². The SMILES string of the molecule is O=C(CCC(=O)c1ccc(F)cc1)NCc1cccs1. The van der Waals surface area contributed by atoms with Gasteiger partial charge in [-0.15, -0.1) is 11.3 Å². The number of hydrogen-bond acceptors (Lipinski definition) is 3. The summed E-state index contributed by atoms with van der Waals surface area (Å²) in [6.45, 7) is 0.487. The molecule has 0 aliphatic rings. The Bertz CT molecular complexity index is 578. The van der Waals surface area contributed by atoms with Gasteiger partial charge in [-0.2, -0.15) is 0 Å². The number of rotatable bonds is 6. The quantitative estimate of drug-likeness (QED) is 0.831. The van der Waals surface area contributed by atoms with Crippen molar-refractivity contribution in [3.05, 3.63) is 58.0 Å². The molecule has 2 aromatic rings. The van der Waals surface area contributed by atoms with Crippen molar-refractivity contribution in [1.82, 2.24) is 5.32 Å². The Morgan fingerprint density at radius 1 is 1.10 bits per heavy atom. The van der Waals surface area contributed by atoms with E-state index < -0.39 is 0 Å². The molecule has 0 spiro atoms. The predicted molar refractivity (Wildman–Crippen MR) is 76.1 cm³/mol. The van der Waals surface area contributed by atoms with Gasteiger partial charge in [-0.3, -0.25) is 9.59 Å². The Balaban J connectivity index is 1.75. The van der Waals surface area contributed by atoms with Crippen molar-refractivity contribution in [1.29, 1.82) is 0 Å². The predicted octanol–water partition coefficient (Wildman–Crippen LogP) is 3.17. The molecule has 0 bridgehead atoms. The second kappa shape index (κ2) is 6.96. The van der Waals surface area contributed by atoms with E-state index in [2.05, 4.69) is 5.32 Å². The summed E-state index contributed by atoms with van der Waals surface area (Å²) >= 11 is 1.57. The molecular formula is C15H14FNO2S. The van der Waals surface area contributed by atoms with Gasteiger partial charge in [-0.1, -0.05) is 6.07 Å². The third-order valence-electron chi connectivity index (χ3n) is 2.79. The maximum Gasteiger partial charge on any atom is 0.220 e. The second-order valence-corrected chi connectivity index (χ2v) is 5.32. The zero-order chi connectivity index (χ0) is 14.4. The van der Waals surface area contributed by atoms with E-state index in [1.54, 1.807) is 11.3 Å². The van der Waals surface area contributed by atoms with Crippen LogP contribution in [0, 0.1) is 5.82 Å². The van der Waals surface area contributed by atoms with Crippen LogP contribution in [0.3, 0.4) is 0 Å². The van der Waals surface area contributed by atoms with Crippen LogP contribution in [0.25, 0.3) is 0 Å². The van der Waals surface area contributed by atoms with Crippen LogP contribution in [0.2, 0.25) is 0 Å². The van der Waals surface area contributed by atoms with Crippen LogP contribution in [0.5, 0.6) is 0 Å². The van der Waals surface area contributed by atoms with Gasteiger partial charge < -0.3 is 5.32 Å². The lowest BCUT2D eigenvalue weighted by Gasteiger charge is -2.03. The van der Waals surface area contributed by atoms with E-state index in [1.807, 2.05) is 17.5 Å². The molecule has 0 unspecified atom stereocenters. The zero-order valence-corrected chi connectivity index (χ0v) is 11.6. The van der Waals surface area contributed by atoms with Crippen LogP contribution in [0.15, 0.2) is 41.8 Å². The normalized spacial score (nSPS) is 10.2. The molecule has 0 aliphatic carbocycles. The van der Waals surface area contributed by atoms with Gasteiger partial charge in [0.1, 0.15) is 5.82 Å². The molecule has 0 fully saturated rings. The van der Waals surface area contributed by atoms with E-state index in [1.165, 1.54) is 24.3 Å². The number of halogens is 1. The number of nitrogens with one attached hydrogen (secondary N) is 1. The lowest BCUT2D eigenvalue weighted by atomic mass is 10.1. The highest BCUT2D eigenvalue weighted by molar-refractivity contribution is 7.09. The monoisotopic (exact) mass is 291 g/mol. The first-order valence-electron chi connectivity index (χ1n) is 6.23. The zero-order valence-electron chi connectivity index (χ0n) is 10.8. The highest BCUT2D eigenvalue weighted by Crippen LogP contribution is 2.09. The summed E-state index contributed by atoms with van der Waals surface area (Å²) in [5.74, 6) is -0.694. The summed E-state index contributed by atoms with van der Waals surface area (Å²) in [6, 6.07) is 9.20. The van der Waals surface area contributed by atoms with Crippen molar-refractivity contribution in [2.75, 3.05) is 0 Å². The Labute approximate surface area is 120 Å². The van der Waals surface area contributed by atoms with Crippen molar-refractivity contribution < 1.29 is 14.0 Å². The van der Waals surface area contributed by atoms with E-state index in [4.69, 9.17) is 0 Å². The molecule has 0 radical (unpaired) electrons. The minimum atomic E-state index is -0.379. The summed E-state index contributed by atoms with van der Waals surface area (Å²) in [5.41, 5.74) is 0.428. The molecule has 1 amide bonds. The van der Waals surface area contributed by atoms with Gasteiger partial charge in [0.2, 0.25) is 5.91 Å². The van der Waals surface area contributed by atoms with Gasteiger partial charge in [0.15, 0.2) is 5.78 Å². The van der Waals surface area contributed by atoms with E-state index in [-0.39, 0.29) is 30.3 Å². The summed E-state index contributed by atoms with van der Waals surface area (Å²) in [4.78, 5) is 24.5. The first kappa shape index (κ1) is 14.4. The first-order chi connectivity index (χ1) is 9.65. The van der Waals surface area contributed by atoms with Gasteiger partial charge in [-0.05, 0) is 35.7 Å². The van der Waals surface area contributed by atoms with Crippen LogP contribution >= 0.6 is 11.3 Å². The lowest BCUT2D eigenvalue weighted by molar-refractivity contribution is -0.121. The Morgan fingerprint density at radius 2 is 1.85 bits per heavy atom. The number of thiophene rings is 1. The molecule has 0 saturated heterocycles.